The fourth-order valence-electron chi connectivity index (χ4n) is 3.44. The summed E-state index contributed by atoms with van der Waals surface area (Å²) >= 11 is 0. The molecular weight excluding hydrogens is 320 g/mol. The molecule has 8 heteroatoms. The Morgan fingerprint density at radius 3 is 2.40 bits per heavy atom. The van der Waals surface area contributed by atoms with Gasteiger partial charge in [0.05, 0.1) is 11.6 Å². The first-order valence-corrected chi connectivity index (χ1v) is 8.98. The van der Waals surface area contributed by atoms with Crippen LogP contribution in [0.15, 0.2) is 6.33 Å². The van der Waals surface area contributed by atoms with E-state index in [2.05, 4.69) is 20.3 Å². The van der Waals surface area contributed by atoms with Gasteiger partial charge in [0.2, 0.25) is 11.7 Å². The van der Waals surface area contributed by atoms with E-state index >= 15 is 0 Å². The van der Waals surface area contributed by atoms with Crippen molar-refractivity contribution in [2.24, 2.45) is 0 Å². The first-order valence-electron chi connectivity index (χ1n) is 8.98. The van der Waals surface area contributed by atoms with E-state index < -0.39 is 0 Å². The maximum atomic E-state index is 12.4. The topological polar surface area (TPSA) is 83.4 Å². The van der Waals surface area contributed by atoms with Gasteiger partial charge in [-0.25, -0.2) is 9.67 Å². The van der Waals surface area contributed by atoms with Crippen molar-refractivity contribution < 1.29 is 9.59 Å². The first kappa shape index (κ1) is 17.8. The van der Waals surface area contributed by atoms with Crippen LogP contribution >= 0.6 is 0 Å². The number of likely N-dealkylation sites (N-methyl/N-ethyl adjacent to an activating group) is 1. The van der Waals surface area contributed by atoms with E-state index in [4.69, 9.17) is 0 Å². The number of carbonyl (C=O) groups excluding carboxylic acids is 2. The second-order valence-corrected chi connectivity index (χ2v) is 8.03. The molecule has 2 fully saturated rings. The van der Waals surface area contributed by atoms with Gasteiger partial charge in [-0.05, 0) is 40.0 Å². The van der Waals surface area contributed by atoms with Crippen LogP contribution in [-0.4, -0.2) is 75.1 Å². The molecule has 0 bridgehead atoms. The smallest absolute Gasteiger partial charge is 0.291 e. The lowest BCUT2D eigenvalue weighted by atomic mass is 10.0. The quantitative estimate of drug-likeness (QED) is 0.858. The average Bonchev–Trinajstić information content (AvgIpc) is 3.17. The van der Waals surface area contributed by atoms with Crippen molar-refractivity contribution in [1.82, 2.24) is 29.9 Å². The van der Waals surface area contributed by atoms with Crippen molar-refractivity contribution in [1.29, 1.82) is 0 Å². The largest absolute Gasteiger partial charge is 0.346 e. The summed E-state index contributed by atoms with van der Waals surface area (Å²) in [6.45, 7) is 8.54. The summed E-state index contributed by atoms with van der Waals surface area (Å²) in [7, 11) is 1.86. The summed E-state index contributed by atoms with van der Waals surface area (Å²) in [5, 5.41) is 7.31. The van der Waals surface area contributed by atoms with Crippen LogP contribution < -0.4 is 5.32 Å². The van der Waals surface area contributed by atoms with Crippen molar-refractivity contribution in [3.63, 3.8) is 0 Å². The number of carbonyl (C=O) groups is 2. The van der Waals surface area contributed by atoms with Gasteiger partial charge in [-0.3, -0.25) is 14.5 Å². The standard InChI is InChI=1S/C17H28N6O2/c1-17(2,3)23-11-18-14(20-23)15(24)19-12-5-9-22(10-6-12)13-7-8-21(4)16(13)25/h11-13H,5-10H2,1-4H3,(H,19,24). The van der Waals surface area contributed by atoms with Gasteiger partial charge in [0.25, 0.3) is 5.91 Å². The normalized spacial score (nSPS) is 23.3. The molecule has 1 aromatic heterocycles. The summed E-state index contributed by atoms with van der Waals surface area (Å²) in [4.78, 5) is 32.7. The predicted molar refractivity (Wildman–Crippen MR) is 93.1 cm³/mol. The molecule has 2 amide bonds. The molecule has 0 aromatic carbocycles. The van der Waals surface area contributed by atoms with Crippen LogP contribution in [0.1, 0.15) is 50.7 Å². The Kier molecular flexibility index (Phi) is 4.81. The zero-order valence-electron chi connectivity index (χ0n) is 15.5. The molecule has 3 heterocycles. The van der Waals surface area contributed by atoms with E-state index in [0.717, 1.165) is 38.9 Å². The van der Waals surface area contributed by atoms with Crippen LogP contribution in [0.2, 0.25) is 0 Å². The molecule has 1 N–H and O–H groups in total. The van der Waals surface area contributed by atoms with E-state index in [9.17, 15) is 9.59 Å². The summed E-state index contributed by atoms with van der Waals surface area (Å²) in [5.41, 5.74) is -0.197. The van der Waals surface area contributed by atoms with Crippen molar-refractivity contribution in [3.8, 4) is 0 Å². The molecule has 3 rings (SSSR count). The zero-order valence-corrected chi connectivity index (χ0v) is 15.5. The minimum Gasteiger partial charge on any atom is -0.346 e. The molecule has 1 aromatic rings. The van der Waals surface area contributed by atoms with E-state index in [1.807, 2.05) is 27.8 Å². The Bertz CT molecular complexity index is 642. The second-order valence-electron chi connectivity index (χ2n) is 8.03. The number of amides is 2. The van der Waals surface area contributed by atoms with Gasteiger partial charge >= 0.3 is 0 Å². The van der Waals surface area contributed by atoms with Crippen LogP contribution in [0.4, 0.5) is 0 Å². The van der Waals surface area contributed by atoms with Crippen LogP contribution in [0.5, 0.6) is 0 Å². The molecule has 2 saturated heterocycles. The molecule has 8 nitrogen and oxygen atoms in total. The molecule has 0 spiro atoms. The van der Waals surface area contributed by atoms with Crippen LogP contribution in [0, 0.1) is 0 Å². The van der Waals surface area contributed by atoms with Crippen LogP contribution in [0.3, 0.4) is 0 Å². The van der Waals surface area contributed by atoms with Crippen molar-refractivity contribution in [2.75, 3.05) is 26.7 Å². The molecular formula is C17H28N6O2. The number of aromatic nitrogens is 3. The minimum absolute atomic E-state index is 0.0193. The molecule has 25 heavy (non-hydrogen) atoms. The van der Waals surface area contributed by atoms with E-state index in [1.54, 1.807) is 15.9 Å². The molecule has 0 saturated carbocycles. The molecule has 138 valence electrons. The van der Waals surface area contributed by atoms with Gasteiger partial charge in [0, 0.05) is 32.7 Å². The third-order valence-corrected chi connectivity index (χ3v) is 5.09. The van der Waals surface area contributed by atoms with Crippen molar-refractivity contribution in [2.45, 2.75) is 57.7 Å². The summed E-state index contributed by atoms with van der Waals surface area (Å²) in [5.74, 6) is 0.211. The van der Waals surface area contributed by atoms with Crippen LogP contribution in [0.25, 0.3) is 0 Å². The molecule has 2 aliphatic rings. The number of nitrogens with zero attached hydrogens (tertiary/aromatic N) is 5. The monoisotopic (exact) mass is 348 g/mol. The van der Waals surface area contributed by atoms with Gasteiger partial charge < -0.3 is 10.2 Å². The predicted octanol–water partition coefficient (Wildman–Crippen LogP) is 0.458. The Morgan fingerprint density at radius 2 is 1.88 bits per heavy atom. The van der Waals surface area contributed by atoms with Crippen molar-refractivity contribution >= 4 is 11.8 Å². The van der Waals surface area contributed by atoms with E-state index in [1.165, 1.54) is 0 Å². The van der Waals surface area contributed by atoms with Gasteiger partial charge in [-0.1, -0.05) is 0 Å². The third-order valence-electron chi connectivity index (χ3n) is 5.09. The fourth-order valence-corrected chi connectivity index (χ4v) is 3.44. The lowest BCUT2D eigenvalue weighted by molar-refractivity contribution is -0.131. The van der Waals surface area contributed by atoms with Gasteiger partial charge in [0.1, 0.15) is 6.33 Å². The highest BCUT2D eigenvalue weighted by Gasteiger charge is 2.36. The number of likely N-dealkylation sites (tertiary alicyclic amines) is 2. The third kappa shape index (κ3) is 3.84. The number of piperidine rings is 1. The average molecular weight is 348 g/mol. The lowest BCUT2D eigenvalue weighted by Gasteiger charge is -2.35. The number of nitrogens with one attached hydrogen (secondary N) is 1. The van der Waals surface area contributed by atoms with Crippen molar-refractivity contribution in [3.05, 3.63) is 12.2 Å². The molecule has 2 aliphatic heterocycles. The summed E-state index contributed by atoms with van der Waals surface area (Å²) < 4.78 is 1.70. The molecule has 0 radical (unpaired) electrons. The first-order chi connectivity index (χ1) is 11.8. The maximum absolute atomic E-state index is 12.4. The lowest BCUT2D eigenvalue weighted by Crippen LogP contribution is -2.50. The molecule has 1 atom stereocenters. The fraction of sp³-hybridized carbons (Fsp3) is 0.765. The number of hydrogen-bond acceptors (Lipinski definition) is 5. The Hall–Kier alpha value is -1.96. The molecule has 1 unspecified atom stereocenters. The number of hydrogen-bond donors (Lipinski definition) is 1. The summed E-state index contributed by atoms with van der Waals surface area (Å²) in [6.07, 6.45) is 4.19. The molecule has 0 aliphatic carbocycles. The van der Waals surface area contributed by atoms with E-state index in [0.29, 0.717) is 0 Å². The minimum atomic E-state index is -0.224. The highest BCUT2D eigenvalue weighted by atomic mass is 16.2. The maximum Gasteiger partial charge on any atom is 0.291 e. The van der Waals surface area contributed by atoms with Gasteiger partial charge in [-0.15, -0.1) is 5.10 Å². The van der Waals surface area contributed by atoms with Crippen LogP contribution in [-0.2, 0) is 10.3 Å². The highest BCUT2D eigenvalue weighted by molar-refractivity contribution is 5.90. The SMILES string of the molecule is CN1CCC(N2CCC(NC(=O)c3ncn(C(C)(C)C)n3)CC2)C1=O. The van der Waals surface area contributed by atoms with E-state index in [-0.39, 0.29) is 35.3 Å². The Labute approximate surface area is 148 Å². The Morgan fingerprint density at radius 1 is 1.20 bits per heavy atom. The van der Waals surface area contributed by atoms with Gasteiger partial charge in [0.15, 0.2) is 0 Å². The second kappa shape index (κ2) is 6.74. The number of rotatable bonds is 3. The van der Waals surface area contributed by atoms with Gasteiger partial charge in [-0.2, -0.15) is 0 Å². The highest BCUT2D eigenvalue weighted by Crippen LogP contribution is 2.21. The zero-order chi connectivity index (χ0) is 18.2. The Balaban J connectivity index is 1.51. The summed E-state index contributed by atoms with van der Waals surface area (Å²) in [6, 6.07) is 0.130.